The second-order valence-electron chi connectivity index (χ2n) is 6.81. The highest BCUT2D eigenvalue weighted by Gasteiger charge is 2.22. The van der Waals surface area contributed by atoms with E-state index in [0.717, 1.165) is 11.1 Å². The Morgan fingerprint density at radius 1 is 0.931 bits per heavy atom. The molecule has 0 saturated carbocycles. The van der Waals surface area contributed by atoms with Crippen molar-refractivity contribution in [3.8, 4) is 0 Å². The Balaban J connectivity index is 1.29. The molecule has 0 unspecified atom stereocenters. The molecule has 1 saturated heterocycles. The number of carbonyl (C=O) groups excluding carboxylic acids is 2. The first-order chi connectivity index (χ1) is 14.1. The molecule has 0 N–H and O–H groups in total. The number of nitrogens with zero attached hydrogens (tertiary/aromatic N) is 3. The lowest BCUT2D eigenvalue weighted by atomic mass is 10.2. The zero-order valence-electron chi connectivity index (χ0n) is 15.8. The highest BCUT2D eigenvalue weighted by Crippen LogP contribution is 2.17. The number of rotatable bonds is 4. The summed E-state index contributed by atoms with van der Waals surface area (Å²) >= 11 is 0. The highest BCUT2D eigenvalue weighted by molar-refractivity contribution is 5.92. The summed E-state index contributed by atoms with van der Waals surface area (Å²) in [5.74, 6) is -1.13. The molecule has 3 aromatic rings. The van der Waals surface area contributed by atoms with Crippen molar-refractivity contribution in [1.29, 1.82) is 0 Å². The lowest BCUT2D eigenvalue weighted by Crippen LogP contribution is -2.49. The summed E-state index contributed by atoms with van der Waals surface area (Å²) in [6, 6.07) is 17.2. The largest absolute Gasteiger partial charge is 0.451 e. The molecule has 2 heterocycles. The van der Waals surface area contributed by atoms with Crippen molar-refractivity contribution in [1.82, 2.24) is 9.88 Å². The molecule has 1 amide bonds. The minimum Gasteiger partial charge on any atom is -0.451 e. The van der Waals surface area contributed by atoms with Gasteiger partial charge in [0, 0.05) is 37.3 Å². The van der Waals surface area contributed by atoms with Crippen molar-refractivity contribution in [3.05, 3.63) is 72.2 Å². The topological polar surface area (TPSA) is 62.7 Å². The van der Waals surface area contributed by atoms with Gasteiger partial charge in [0.2, 0.25) is 0 Å². The summed E-state index contributed by atoms with van der Waals surface area (Å²) < 4.78 is 18.2. The molecule has 148 valence electrons. The second-order valence-corrected chi connectivity index (χ2v) is 6.81. The summed E-state index contributed by atoms with van der Waals surface area (Å²) in [6.07, 6.45) is 0. The molecule has 1 fully saturated rings. The Labute approximate surface area is 167 Å². The molecule has 0 radical (unpaired) electrons. The van der Waals surface area contributed by atoms with E-state index in [1.54, 1.807) is 29.2 Å². The molecule has 2 aromatic carbocycles. The zero-order chi connectivity index (χ0) is 20.2. The third-order valence-electron chi connectivity index (χ3n) is 4.96. The number of hydrogen-bond acceptors (Lipinski definition) is 5. The minimum absolute atomic E-state index is 0.178. The number of ether oxygens (including phenoxy) is 1. The van der Waals surface area contributed by atoms with Gasteiger partial charge in [0.15, 0.2) is 6.61 Å². The second kappa shape index (κ2) is 8.26. The van der Waals surface area contributed by atoms with Gasteiger partial charge in [-0.2, -0.15) is 0 Å². The number of anilines is 1. The Kier molecular flexibility index (Phi) is 5.37. The van der Waals surface area contributed by atoms with E-state index < -0.39 is 5.97 Å². The maximum atomic E-state index is 13.1. The molecule has 0 aliphatic carbocycles. The average molecular weight is 393 g/mol. The average Bonchev–Trinajstić information content (AvgIpc) is 2.77. The monoisotopic (exact) mass is 393 g/mol. The lowest BCUT2D eigenvalue weighted by Gasteiger charge is -2.36. The number of aromatic nitrogens is 1. The van der Waals surface area contributed by atoms with E-state index in [0.29, 0.717) is 31.7 Å². The predicted octanol–water partition coefficient (Wildman–Crippen LogP) is 2.88. The van der Waals surface area contributed by atoms with Crippen molar-refractivity contribution in [2.45, 2.75) is 0 Å². The van der Waals surface area contributed by atoms with E-state index in [4.69, 9.17) is 4.74 Å². The number of piperazine rings is 1. The quantitative estimate of drug-likeness (QED) is 0.638. The maximum absolute atomic E-state index is 13.1. The van der Waals surface area contributed by atoms with Crippen LogP contribution in [0.5, 0.6) is 0 Å². The van der Waals surface area contributed by atoms with Crippen LogP contribution in [-0.2, 0) is 9.53 Å². The van der Waals surface area contributed by atoms with Crippen molar-refractivity contribution < 1.29 is 18.7 Å². The number of fused-ring (bicyclic) bond motifs is 1. The van der Waals surface area contributed by atoms with Crippen LogP contribution in [0.1, 0.15) is 10.5 Å². The van der Waals surface area contributed by atoms with Crippen LogP contribution in [0.15, 0.2) is 60.7 Å². The van der Waals surface area contributed by atoms with Crippen molar-refractivity contribution in [2.75, 3.05) is 37.7 Å². The lowest BCUT2D eigenvalue weighted by molar-refractivity contribution is -0.134. The smallest absolute Gasteiger partial charge is 0.357 e. The van der Waals surface area contributed by atoms with Crippen LogP contribution in [0.3, 0.4) is 0 Å². The third-order valence-corrected chi connectivity index (χ3v) is 4.96. The van der Waals surface area contributed by atoms with Crippen LogP contribution in [-0.4, -0.2) is 54.5 Å². The van der Waals surface area contributed by atoms with Gasteiger partial charge in [0.25, 0.3) is 5.91 Å². The highest BCUT2D eigenvalue weighted by atomic mass is 19.1. The van der Waals surface area contributed by atoms with Gasteiger partial charge in [-0.1, -0.05) is 24.3 Å². The van der Waals surface area contributed by atoms with Crippen molar-refractivity contribution >= 4 is 28.5 Å². The van der Waals surface area contributed by atoms with Gasteiger partial charge < -0.3 is 14.5 Å². The summed E-state index contributed by atoms with van der Waals surface area (Å²) in [6.45, 7) is 1.99. The fourth-order valence-electron chi connectivity index (χ4n) is 3.34. The third kappa shape index (κ3) is 4.34. The van der Waals surface area contributed by atoms with Crippen molar-refractivity contribution in [3.63, 3.8) is 0 Å². The van der Waals surface area contributed by atoms with Gasteiger partial charge in [0.1, 0.15) is 11.5 Å². The van der Waals surface area contributed by atoms with E-state index >= 15 is 0 Å². The van der Waals surface area contributed by atoms with Gasteiger partial charge in [0.05, 0.1) is 5.52 Å². The summed E-state index contributed by atoms with van der Waals surface area (Å²) in [4.78, 5) is 32.7. The Hall–Kier alpha value is -3.48. The normalized spacial score (nSPS) is 14.1. The number of hydrogen-bond donors (Lipinski definition) is 0. The van der Waals surface area contributed by atoms with Crippen molar-refractivity contribution in [2.24, 2.45) is 0 Å². The van der Waals surface area contributed by atoms with Gasteiger partial charge in [-0.25, -0.2) is 14.2 Å². The summed E-state index contributed by atoms with van der Waals surface area (Å²) in [5.41, 5.74) is 1.80. The molecular weight excluding hydrogens is 373 g/mol. The first kappa shape index (κ1) is 18.9. The summed E-state index contributed by atoms with van der Waals surface area (Å²) in [7, 11) is 0. The molecule has 4 rings (SSSR count). The molecule has 0 spiro atoms. The Morgan fingerprint density at radius 2 is 1.66 bits per heavy atom. The van der Waals surface area contributed by atoms with Crippen LogP contribution >= 0.6 is 0 Å². The van der Waals surface area contributed by atoms with Crippen LogP contribution < -0.4 is 4.90 Å². The molecular formula is C22H20FN3O3. The molecule has 1 aliphatic heterocycles. The van der Waals surface area contributed by atoms with E-state index in [1.807, 2.05) is 24.3 Å². The van der Waals surface area contributed by atoms with E-state index in [9.17, 15) is 14.0 Å². The number of para-hydroxylation sites is 1. The van der Waals surface area contributed by atoms with Crippen LogP contribution in [0.2, 0.25) is 0 Å². The minimum atomic E-state index is -0.617. The number of esters is 1. The summed E-state index contributed by atoms with van der Waals surface area (Å²) in [5, 5.41) is 0.930. The SMILES string of the molecule is O=C(OCC(=O)N1CCN(c2ccc(F)cc2)CC1)c1ccc2ccccc2n1. The number of carbonyl (C=O) groups is 2. The molecule has 0 atom stereocenters. The fourth-order valence-corrected chi connectivity index (χ4v) is 3.34. The molecule has 7 heteroatoms. The van der Waals surface area contributed by atoms with E-state index in [-0.39, 0.29) is 24.0 Å². The standard InChI is InChI=1S/C22H20FN3O3/c23-17-6-8-18(9-7-17)25-11-13-26(14-12-25)21(27)15-29-22(28)20-10-5-16-3-1-2-4-19(16)24-20/h1-10H,11-15H2. The maximum Gasteiger partial charge on any atom is 0.357 e. The molecule has 1 aromatic heterocycles. The van der Waals surface area contributed by atoms with Gasteiger partial charge >= 0.3 is 5.97 Å². The number of halogens is 1. The fraction of sp³-hybridized carbons (Fsp3) is 0.227. The van der Waals surface area contributed by atoms with Gasteiger partial charge in [-0.3, -0.25) is 4.79 Å². The first-order valence-electron chi connectivity index (χ1n) is 9.41. The van der Waals surface area contributed by atoms with Crippen LogP contribution in [0, 0.1) is 5.82 Å². The molecule has 29 heavy (non-hydrogen) atoms. The first-order valence-corrected chi connectivity index (χ1v) is 9.41. The predicted molar refractivity (Wildman–Crippen MR) is 107 cm³/mol. The molecule has 0 bridgehead atoms. The van der Waals surface area contributed by atoms with E-state index in [1.165, 1.54) is 12.1 Å². The Bertz CT molecular complexity index is 1030. The zero-order valence-corrected chi connectivity index (χ0v) is 15.8. The van der Waals surface area contributed by atoms with Crippen LogP contribution in [0.4, 0.5) is 10.1 Å². The molecule has 6 nitrogen and oxygen atoms in total. The van der Waals surface area contributed by atoms with Crippen LogP contribution in [0.25, 0.3) is 10.9 Å². The Morgan fingerprint density at radius 3 is 2.41 bits per heavy atom. The van der Waals surface area contributed by atoms with E-state index in [2.05, 4.69) is 9.88 Å². The molecule has 1 aliphatic rings. The number of pyridine rings is 1. The number of amides is 1. The number of benzene rings is 2. The van der Waals surface area contributed by atoms with Gasteiger partial charge in [-0.15, -0.1) is 0 Å². The van der Waals surface area contributed by atoms with Gasteiger partial charge in [-0.05, 0) is 36.4 Å².